The molecule has 8 heteroatoms. The van der Waals surface area contributed by atoms with Crippen molar-refractivity contribution in [1.82, 2.24) is 0 Å². The molecule has 114 valence electrons. The Bertz CT molecular complexity index is 686. The number of aliphatic imine (C=N–C) groups is 1. The van der Waals surface area contributed by atoms with Crippen LogP contribution >= 0.6 is 35.0 Å². The van der Waals surface area contributed by atoms with Crippen molar-refractivity contribution in [3.8, 4) is 0 Å². The molecule has 0 radical (unpaired) electrons. The minimum atomic E-state index is -3.03. The van der Waals surface area contributed by atoms with Crippen molar-refractivity contribution in [1.29, 1.82) is 0 Å². The highest BCUT2D eigenvalue weighted by molar-refractivity contribution is 8.14. The van der Waals surface area contributed by atoms with Gasteiger partial charge >= 0.3 is 0 Å². The zero-order valence-corrected chi connectivity index (χ0v) is 14.4. The lowest BCUT2D eigenvalue weighted by molar-refractivity contribution is 0.601. The summed E-state index contributed by atoms with van der Waals surface area (Å²) < 4.78 is 23.7. The molecule has 0 aliphatic carbocycles. The minimum absolute atomic E-state index is 0.121. The smallest absolute Gasteiger partial charge is 0.164 e. The normalized spacial score (nSPS) is 26.8. The van der Waals surface area contributed by atoms with Gasteiger partial charge in [0.25, 0.3) is 0 Å². The predicted octanol–water partition coefficient (Wildman–Crippen LogP) is 3.09. The van der Waals surface area contributed by atoms with Gasteiger partial charge in [0.15, 0.2) is 15.0 Å². The first-order valence-corrected chi connectivity index (χ1v) is 10.1. The van der Waals surface area contributed by atoms with E-state index in [2.05, 4.69) is 4.99 Å². The van der Waals surface area contributed by atoms with Gasteiger partial charge in [-0.3, -0.25) is 4.99 Å². The van der Waals surface area contributed by atoms with Crippen LogP contribution in [0.25, 0.3) is 0 Å². The molecule has 0 unspecified atom stereocenters. The zero-order chi connectivity index (χ0) is 15.2. The second kappa shape index (κ2) is 5.65. The molecule has 21 heavy (non-hydrogen) atoms. The number of thioether (sulfide) groups is 1. The third kappa shape index (κ3) is 3.04. The summed E-state index contributed by atoms with van der Waals surface area (Å²) in [6, 6.07) is 4.91. The van der Waals surface area contributed by atoms with Crippen LogP contribution in [0.15, 0.2) is 23.2 Å². The third-order valence-electron chi connectivity index (χ3n) is 3.51. The summed E-state index contributed by atoms with van der Waals surface area (Å²) in [5.41, 5.74) is 0.803. The monoisotopic (exact) mass is 364 g/mol. The van der Waals surface area contributed by atoms with Gasteiger partial charge in [0.05, 0.1) is 23.6 Å². The fourth-order valence-corrected chi connectivity index (χ4v) is 5.95. The summed E-state index contributed by atoms with van der Waals surface area (Å²) in [7, 11) is -3.03. The first kappa shape index (κ1) is 15.5. The quantitative estimate of drug-likeness (QED) is 0.808. The van der Waals surface area contributed by atoms with E-state index in [0.717, 1.165) is 16.6 Å². The number of amidine groups is 1. The molecule has 1 aromatic rings. The number of hydrogen-bond acceptors (Lipinski definition) is 5. The van der Waals surface area contributed by atoms with Crippen molar-refractivity contribution >= 4 is 55.7 Å². The second-order valence-electron chi connectivity index (χ2n) is 5.05. The second-order valence-corrected chi connectivity index (χ2v) is 9.31. The number of halogens is 2. The van der Waals surface area contributed by atoms with E-state index < -0.39 is 9.84 Å². The summed E-state index contributed by atoms with van der Waals surface area (Å²) in [6.07, 6.45) is 0. The van der Waals surface area contributed by atoms with Crippen LogP contribution in [0.1, 0.15) is 6.92 Å². The van der Waals surface area contributed by atoms with Crippen LogP contribution in [0, 0.1) is 0 Å². The lowest BCUT2D eigenvalue weighted by Gasteiger charge is -2.26. The Kier molecular flexibility index (Phi) is 4.16. The van der Waals surface area contributed by atoms with Crippen molar-refractivity contribution in [2.45, 2.75) is 19.0 Å². The van der Waals surface area contributed by atoms with Crippen molar-refractivity contribution in [2.24, 2.45) is 4.99 Å². The number of benzene rings is 1. The third-order valence-corrected chi connectivity index (χ3v) is 6.49. The molecule has 0 N–H and O–H groups in total. The molecular weight excluding hydrogens is 351 g/mol. The summed E-state index contributed by atoms with van der Waals surface area (Å²) in [5, 5.41) is 1.91. The molecule has 2 aliphatic rings. The van der Waals surface area contributed by atoms with E-state index in [1.54, 1.807) is 30.0 Å². The molecule has 2 aliphatic heterocycles. The number of rotatable bonds is 2. The Morgan fingerprint density at radius 3 is 2.57 bits per heavy atom. The van der Waals surface area contributed by atoms with E-state index in [1.807, 2.05) is 11.8 Å². The Morgan fingerprint density at radius 2 is 1.95 bits per heavy atom. The van der Waals surface area contributed by atoms with Crippen LogP contribution in [0.5, 0.6) is 0 Å². The summed E-state index contributed by atoms with van der Waals surface area (Å²) >= 11 is 13.8. The molecule has 0 spiro atoms. The maximum Gasteiger partial charge on any atom is 0.164 e. The highest BCUT2D eigenvalue weighted by atomic mass is 35.5. The van der Waals surface area contributed by atoms with Crippen LogP contribution in [0.3, 0.4) is 0 Å². The molecule has 0 bridgehead atoms. The average Bonchev–Trinajstić information content (AvgIpc) is 2.79. The fourth-order valence-electron chi connectivity index (χ4n) is 2.74. The van der Waals surface area contributed by atoms with E-state index in [4.69, 9.17) is 23.2 Å². The van der Waals surface area contributed by atoms with E-state index in [9.17, 15) is 8.42 Å². The minimum Gasteiger partial charge on any atom is -0.315 e. The summed E-state index contributed by atoms with van der Waals surface area (Å²) in [6.45, 7) is 2.04. The Morgan fingerprint density at radius 1 is 1.29 bits per heavy atom. The molecule has 1 fully saturated rings. The van der Waals surface area contributed by atoms with Crippen molar-refractivity contribution < 1.29 is 8.42 Å². The molecular formula is C13H14Cl2N2O2S2. The standard InChI is InChI=1S/C13H14Cl2N2O2S2/c1-2-20-13-16-11-6-21(18,19)7-12(11)17(13)10-4-8(14)3-9(15)5-10/h3-5,11-12H,2,6-7H2,1H3/t11-,12+/m1/s1. The van der Waals surface area contributed by atoms with Gasteiger partial charge < -0.3 is 4.90 Å². The van der Waals surface area contributed by atoms with Gasteiger partial charge in [0, 0.05) is 15.7 Å². The molecule has 0 saturated carbocycles. The topological polar surface area (TPSA) is 49.7 Å². The number of fused-ring (bicyclic) bond motifs is 1. The molecule has 2 heterocycles. The molecule has 4 nitrogen and oxygen atoms in total. The molecule has 0 aromatic heterocycles. The van der Waals surface area contributed by atoms with E-state index >= 15 is 0 Å². The molecule has 0 amide bonds. The van der Waals surface area contributed by atoms with Crippen LogP contribution < -0.4 is 4.90 Å². The fraction of sp³-hybridized carbons (Fsp3) is 0.462. The lowest BCUT2D eigenvalue weighted by Crippen LogP contribution is -2.39. The Hall–Kier alpha value is -0.430. The highest BCUT2D eigenvalue weighted by Crippen LogP contribution is 2.37. The van der Waals surface area contributed by atoms with Crippen molar-refractivity contribution in [2.75, 3.05) is 22.2 Å². The van der Waals surface area contributed by atoms with Gasteiger partial charge in [-0.25, -0.2) is 8.42 Å². The first-order chi connectivity index (χ1) is 9.89. The first-order valence-electron chi connectivity index (χ1n) is 6.56. The number of hydrogen-bond donors (Lipinski definition) is 0. The number of nitrogens with zero attached hydrogens (tertiary/aromatic N) is 2. The molecule has 3 rings (SSSR count). The average molecular weight is 365 g/mol. The predicted molar refractivity (Wildman–Crippen MR) is 90.7 cm³/mol. The zero-order valence-electron chi connectivity index (χ0n) is 11.3. The largest absolute Gasteiger partial charge is 0.315 e. The molecule has 1 aromatic carbocycles. The summed E-state index contributed by atoms with van der Waals surface area (Å²) in [5.74, 6) is 1.12. The Balaban J connectivity index is 2.03. The lowest BCUT2D eigenvalue weighted by atomic mass is 10.1. The molecule has 2 atom stereocenters. The molecule has 1 saturated heterocycles. The van der Waals surface area contributed by atoms with Gasteiger partial charge in [-0.2, -0.15) is 0 Å². The van der Waals surface area contributed by atoms with Gasteiger partial charge in [-0.05, 0) is 24.0 Å². The highest BCUT2D eigenvalue weighted by Gasteiger charge is 2.47. The number of sulfone groups is 1. The Labute approximate surface area is 138 Å². The van der Waals surface area contributed by atoms with E-state index in [0.29, 0.717) is 10.0 Å². The van der Waals surface area contributed by atoms with Crippen LogP contribution in [-0.2, 0) is 9.84 Å². The van der Waals surface area contributed by atoms with Crippen LogP contribution in [0.2, 0.25) is 10.0 Å². The maximum atomic E-state index is 11.9. The van der Waals surface area contributed by atoms with Crippen LogP contribution in [-0.4, -0.2) is 42.9 Å². The van der Waals surface area contributed by atoms with Gasteiger partial charge in [-0.1, -0.05) is 41.9 Å². The van der Waals surface area contributed by atoms with Crippen molar-refractivity contribution in [3.05, 3.63) is 28.2 Å². The van der Waals surface area contributed by atoms with Gasteiger partial charge in [0.1, 0.15) is 0 Å². The van der Waals surface area contributed by atoms with Crippen LogP contribution in [0.4, 0.5) is 5.69 Å². The van der Waals surface area contributed by atoms with Crippen molar-refractivity contribution in [3.63, 3.8) is 0 Å². The van der Waals surface area contributed by atoms with E-state index in [-0.39, 0.29) is 23.6 Å². The maximum absolute atomic E-state index is 11.9. The van der Waals surface area contributed by atoms with Gasteiger partial charge in [-0.15, -0.1) is 0 Å². The summed E-state index contributed by atoms with van der Waals surface area (Å²) in [4.78, 5) is 6.57. The number of anilines is 1. The van der Waals surface area contributed by atoms with E-state index in [1.165, 1.54) is 0 Å². The SMILES string of the molecule is CCSC1=N[C@@H]2CS(=O)(=O)C[C@@H]2N1c1cc(Cl)cc(Cl)c1. The van der Waals surface area contributed by atoms with Gasteiger partial charge in [0.2, 0.25) is 0 Å².